The van der Waals surface area contributed by atoms with Crippen molar-refractivity contribution < 1.29 is 14.3 Å². The molecule has 5 rings (SSSR count). The van der Waals surface area contributed by atoms with Crippen molar-refractivity contribution in [3.05, 3.63) is 107 Å². The van der Waals surface area contributed by atoms with Gasteiger partial charge in [0, 0.05) is 0 Å². The minimum atomic E-state index is -0.521. The number of amides is 1. The molecule has 1 aromatic heterocycles. The smallest absolute Gasteiger partial charge is 0.326 e. The molecule has 1 unspecified atom stereocenters. The summed E-state index contributed by atoms with van der Waals surface area (Å²) in [5.74, 6) is -0.459. The minimum absolute atomic E-state index is 0.0375. The molecule has 3 aromatic carbocycles. The largest absolute Gasteiger partial charge is 0.451 e. The Morgan fingerprint density at radius 2 is 1.69 bits per heavy atom. The number of carbonyl (C=O) groups is 2. The van der Waals surface area contributed by atoms with Crippen molar-refractivity contribution in [1.29, 1.82) is 0 Å². The van der Waals surface area contributed by atoms with Gasteiger partial charge >= 0.3 is 5.97 Å². The number of hydrogen-bond acceptors (Lipinski definition) is 7. The van der Waals surface area contributed by atoms with Gasteiger partial charge in [-0.1, -0.05) is 83.6 Å². The lowest BCUT2D eigenvalue weighted by atomic mass is 9.96. The van der Waals surface area contributed by atoms with E-state index in [0.717, 1.165) is 26.6 Å². The number of fused-ring (bicyclic) bond motifs is 1. The second-order valence-corrected chi connectivity index (χ2v) is 11.8. The van der Waals surface area contributed by atoms with Crippen molar-refractivity contribution in [3.63, 3.8) is 0 Å². The fourth-order valence-electron chi connectivity index (χ4n) is 4.06. The van der Waals surface area contributed by atoms with Crippen molar-refractivity contribution in [2.24, 2.45) is 0 Å². The van der Waals surface area contributed by atoms with E-state index in [0.29, 0.717) is 6.42 Å². The number of β-lactam (4-membered cyclic amide) rings is 1. The summed E-state index contributed by atoms with van der Waals surface area (Å²) in [7, 11) is 3.18. The molecule has 0 N–H and O–H groups in total. The number of aromatic nitrogens is 1. The van der Waals surface area contributed by atoms with Crippen LogP contribution in [0.4, 0.5) is 0 Å². The molecule has 0 aliphatic carbocycles. The summed E-state index contributed by atoms with van der Waals surface area (Å²) in [5.41, 5.74) is 3.83. The van der Waals surface area contributed by atoms with Crippen molar-refractivity contribution in [2.75, 3.05) is 6.54 Å². The number of benzene rings is 3. The molecule has 1 saturated heterocycles. The fourth-order valence-corrected chi connectivity index (χ4v) is 7.35. The number of likely N-dealkylation sites (tertiary alicyclic amines) is 1. The first kappa shape index (κ1) is 24.6. The highest BCUT2D eigenvalue weighted by molar-refractivity contribution is 8.78. The van der Waals surface area contributed by atoms with Crippen LogP contribution in [0.1, 0.15) is 30.6 Å². The van der Waals surface area contributed by atoms with Crippen LogP contribution in [0.25, 0.3) is 10.2 Å². The minimum Gasteiger partial charge on any atom is -0.451 e. The highest BCUT2D eigenvalue weighted by Gasteiger charge is 2.39. The van der Waals surface area contributed by atoms with Crippen LogP contribution in [0.5, 0.6) is 0 Å². The predicted molar refractivity (Wildman–Crippen MR) is 148 cm³/mol. The molecule has 1 aliphatic heterocycles. The number of hydrogen-bond donors (Lipinski definition) is 0. The van der Waals surface area contributed by atoms with Gasteiger partial charge in [-0.2, -0.15) is 0 Å². The van der Waals surface area contributed by atoms with Gasteiger partial charge in [0.1, 0.15) is 6.54 Å². The monoisotopic (exact) mass is 532 g/mol. The molecule has 2 heterocycles. The topological polar surface area (TPSA) is 59.5 Å². The molecule has 0 spiro atoms. The van der Waals surface area contributed by atoms with E-state index in [9.17, 15) is 9.59 Å². The molecule has 8 heteroatoms. The molecule has 1 aliphatic rings. The molecule has 0 bridgehead atoms. The molecule has 0 radical (unpaired) electrons. The summed E-state index contributed by atoms with van der Waals surface area (Å²) in [6.07, 6.45) is -0.116. The van der Waals surface area contributed by atoms with Crippen molar-refractivity contribution in [1.82, 2.24) is 9.88 Å². The van der Waals surface area contributed by atoms with E-state index >= 15 is 0 Å². The first-order chi connectivity index (χ1) is 17.6. The van der Waals surface area contributed by atoms with E-state index in [-0.39, 0.29) is 18.5 Å². The Morgan fingerprint density at radius 1 is 1.06 bits per heavy atom. The highest BCUT2D eigenvalue weighted by atomic mass is 33.1. The lowest BCUT2D eigenvalue weighted by molar-refractivity contribution is -0.158. The van der Waals surface area contributed by atoms with E-state index in [1.54, 1.807) is 37.8 Å². The van der Waals surface area contributed by atoms with Gasteiger partial charge in [0.25, 0.3) is 0 Å². The average molecular weight is 533 g/mol. The molecule has 1 fully saturated rings. The van der Waals surface area contributed by atoms with Crippen LogP contribution in [-0.2, 0) is 14.3 Å². The van der Waals surface area contributed by atoms with Crippen LogP contribution in [0, 0.1) is 0 Å². The quantitative estimate of drug-likeness (QED) is 0.133. The van der Waals surface area contributed by atoms with Crippen LogP contribution < -0.4 is 0 Å². The number of rotatable bonds is 9. The van der Waals surface area contributed by atoms with Gasteiger partial charge in [0.05, 0.1) is 22.7 Å². The number of thiazole rings is 1. The number of ether oxygens (including phenoxy) is 1. The summed E-state index contributed by atoms with van der Waals surface area (Å²) >= 11 is 1.66. The second-order valence-electron chi connectivity index (χ2n) is 8.42. The first-order valence-electron chi connectivity index (χ1n) is 11.5. The van der Waals surface area contributed by atoms with Gasteiger partial charge in [-0.3, -0.25) is 9.59 Å². The number of para-hydroxylation sites is 1. The Kier molecular flexibility index (Phi) is 7.75. The first-order valence-corrected chi connectivity index (χ1v) is 14.6. The Labute approximate surface area is 222 Å². The normalized spacial score (nSPS) is 15.8. The van der Waals surface area contributed by atoms with Gasteiger partial charge in [-0.15, -0.1) is 11.3 Å². The van der Waals surface area contributed by atoms with Crippen LogP contribution in [0.3, 0.4) is 0 Å². The van der Waals surface area contributed by atoms with Gasteiger partial charge < -0.3 is 9.64 Å². The standard InChI is InChI=1S/C28H24N2O3S3/c1-19(18-34-36-28-29-22-14-8-9-15-24(22)35-28)23-16-25(31)30(23)17-26(32)33-27(20-10-4-2-5-11-20)21-12-6-3-7-13-21/h2-15,18,23,27H,16-17H2,1H3. The Bertz CT molecular complexity index is 1320. The molecule has 1 amide bonds. The van der Waals surface area contributed by atoms with Crippen LogP contribution in [0.2, 0.25) is 0 Å². The zero-order valence-electron chi connectivity index (χ0n) is 19.6. The van der Waals surface area contributed by atoms with E-state index in [2.05, 4.69) is 11.1 Å². The maximum absolute atomic E-state index is 12.9. The van der Waals surface area contributed by atoms with E-state index in [1.807, 2.05) is 91.2 Å². The second kappa shape index (κ2) is 11.3. The Balaban J connectivity index is 1.21. The van der Waals surface area contributed by atoms with E-state index in [1.165, 1.54) is 4.70 Å². The summed E-state index contributed by atoms with van der Waals surface area (Å²) in [5, 5.41) is 2.04. The molecule has 1 atom stereocenters. The van der Waals surface area contributed by atoms with Crippen molar-refractivity contribution in [2.45, 2.75) is 29.8 Å². The molecule has 4 aromatic rings. The lowest BCUT2D eigenvalue weighted by Gasteiger charge is -2.40. The van der Waals surface area contributed by atoms with Gasteiger partial charge in [-0.25, -0.2) is 4.98 Å². The van der Waals surface area contributed by atoms with Gasteiger partial charge in [-0.05, 0) is 52.0 Å². The predicted octanol–water partition coefficient (Wildman–Crippen LogP) is 6.87. The third kappa shape index (κ3) is 5.67. The third-order valence-electron chi connectivity index (χ3n) is 5.97. The van der Waals surface area contributed by atoms with E-state index < -0.39 is 12.1 Å². The molecular formula is C28H24N2O3S3. The average Bonchev–Trinajstić information content (AvgIpc) is 3.33. The molecular weight excluding hydrogens is 509 g/mol. The molecule has 0 saturated carbocycles. The zero-order chi connectivity index (χ0) is 24.9. The maximum Gasteiger partial charge on any atom is 0.326 e. The zero-order valence-corrected chi connectivity index (χ0v) is 22.0. The molecule has 182 valence electrons. The summed E-state index contributed by atoms with van der Waals surface area (Å²) in [6.45, 7) is 1.93. The van der Waals surface area contributed by atoms with Crippen LogP contribution >= 0.6 is 32.9 Å². The lowest BCUT2D eigenvalue weighted by Crippen LogP contribution is -2.55. The Morgan fingerprint density at radius 3 is 2.33 bits per heavy atom. The van der Waals surface area contributed by atoms with Crippen molar-refractivity contribution in [3.8, 4) is 0 Å². The maximum atomic E-state index is 12.9. The van der Waals surface area contributed by atoms with Crippen LogP contribution in [0.15, 0.2) is 100 Å². The summed E-state index contributed by atoms with van der Waals surface area (Å²) < 4.78 is 8.06. The van der Waals surface area contributed by atoms with Crippen molar-refractivity contribution >= 4 is 55.0 Å². The summed E-state index contributed by atoms with van der Waals surface area (Å²) in [4.78, 5) is 31.6. The molecule has 36 heavy (non-hydrogen) atoms. The van der Waals surface area contributed by atoms with Gasteiger partial charge in [0.15, 0.2) is 10.4 Å². The highest BCUT2D eigenvalue weighted by Crippen LogP contribution is 2.39. The third-order valence-corrected chi connectivity index (χ3v) is 9.47. The van der Waals surface area contributed by atoms with Gasteiger partial charge in [0.2, 0.25) is 5.91 Å². The number of nitrogens with zero attached hydrogens (tertiary/aromatic N) is 2. The van der Waals surface area contributed by atoms with Crippen LogP contribution in [-0.4, -0.2) is 34.3 Å². The SMILES string of the molecule is CC(=CSSc1nc2ccccc2s1)C1CC(=O)N1CC(=O)OC(c1ccccc1)c1ccccc1. The molecule has 5 nitrogen and oxygen atoms in total. The fraction of sp³-hybridized carbons (Fsp3) is 0.179. The number of esters is 1. The number of carbonyl (C=O) groups excluding carboxylic acids is 2. The van der Waals surface area contributed by atoms with E-state index in [4.69, 9.17) is 4.74 Å². The Hall–Kier alpha value is -3.07. The summed E-state index contributed by atoms with van der Waals surface area (Å²) in [6, 6.07) is 27.3.